The Kier molecular flexibility index (Phi) is 7.09. The van der Waals surface area contributed by atoms with Crippen molar-refractivity contribution in [1.82, 2.24) is 25.2 Å². The van der Waals surface area contributed by atoms with Gasteiger partial charge in [0.1, 0.15) is 23.0 Å². The van der Waals surface area contributed by atoms with Gasteiger partial charge in [-0.25, -0.2) is 4.68 Å². The quantitative estimate of drug-likeness (QED) is 0.361. The largest absolute Gasteiger partial charge is 0.383 e. The molecule has 2 aromatic heterocycles. The highest BCUT2D eigenvalue weighted by molar-refractivity contribution is 7.98. The fourth-order valence-corrected chi connectivity index (χ4v) is 4.08. The second kappa shape index (κ2) is 10.4. The fraction of sp³-hybridized carbons (Fsp3) is 0.250. The van der Waals surface area contributed by atoms with Gasteiger partial charge in [-0.1, -0.05) is 65.8 Å². The van der Waals surface area contributed by atoms with Crippen LogP contribution in [0.2, 0.25) is 0 Å². The zero-order valence-electron chi connectivity index (χ0n) is 18.6. The SMILES string of the molecule is CSc1nn(CC(=O)NC(C)CCc2ccccc2)c(N)c1-c1nc(-c2ccccc2)no1. The van der Waals surface area contributed by atoms with E-state index in [1.807, 2.05) is 61.7 Å². The minimum Gasteiger partial charge on any atom is -0.383 e. The zero-order valence-corrected chi connectivity index (χ0v) is 19.4. The number of carbonyl (C=O) groups is 1. The van der Waals surface area contributed by atoms with Crippen molar-refractivity contribution in [1.29, 1.82) is 0 Å². The Bertz CT molecular complexity index is 1210. The molecule has 170 valence electrons. The Morgan fingerprint density at radius 1 is 1.15 bits per heavy atom. The van der Waals surface area contributed by atoms with Crippen LogP contribution in [-0.4, -0.2) is 38.1 Å². The molecule has 0 bridgehead atoms. The molecule has 4 aromatic rings. The number of benzene rings is 2. The van der Waals surface area contributed by atoms with Gasteiger partial charge >= 0.3 is 0 Å². The van der Waals surface area contributed by atoms with Crippen LogP contribution in [0.3, 0.4) is 0 Å². The fourth-order valence-electron chi connectivity index (χ4n) is 3.50. The molecule has 4 rings (SSSR count). The van der Waals surface area contributed by atoms with Crippen molar-refractivity contribution < 1.29 is 9.32 Å². The van der Waals surface area contributed by atoms with Crippen LogP contribution in [-0.2, 0) is 17.8 Å². The van der Waals surface area contributed by atoms with Crippen molar-refractivity contribution in [3.05, 3.63) is 66.2 Å². The molecule has 0 spiro atoms. The molecule has 33 heavy (non-hydrogen) atoms. The third-order valence-corrected chi connectivity index (χ3v) is 5.91. The molecule has 3 N–H and O–H groups in total. The van der Waals surface area contributed by atoms with Crippen LogP contribution in [0.25, 0.3) is 22.8 Å². The number of carbonyl (C=O) groups excluding carboxylic acids is 1. The summed E-state index contributed by atoms with van der Waals surface area (Å²) in [5, 5.41) is 12.2. The summed E-state index contributed by atoms with van der Waals surface area (Å²) in [5.41, 5.74) is 8.99. The maximum Gasteiger partial charge on any atom is 0.264 e. The maximum atomic E-state index is 12.6. The third kappa shape index (κ3) is 5.43. The monoisotopic (exact) mass is 462 g/mol. The number of nitrogen functional groups attached to an aromatic ring is 1. The van der Waals surface area contributed by atoms with Gasteiger partial charge in [0.2, 0.25) is 11.7 Å². The predicted molar refractivity (Wildman–Crippen MR) is 130 cm³/mol. The predicted octanol–water partition coefficient (Wildman–Crippen LogP) is 4.04. The van der Waals surface area contributed by atoms with E-state index in [1.54, 1.807) is 0 Å². The number of amides is 1. The molecule has 0 aliphatic rings. The number of anilines is 1. The average molecular weight is 463 g/mol. The molecule has 0 aliphatic carbocycles. The Morgan fingerprint density at radius 3 is 2.55 bits per heavy atom. The first-order valence-electron chi connectivity index (χ1n) is 10.7. The number of hydrogen-bond acceptors (Lipinski definition) is 7. The molecule has 1 unspecified atom stereocenters. The number of nitrogens with one attached hydrogen (secondary N) is 1. The van der Waals surface area contributed by atoms with Crippen LogP contribution in [0, 0.1) is 0 Å². The van der Waals surface area contributed by atoms with Crippen molar-refractivity contribution in [3.8, 4) is 22.8 Å². The van der Waals surface area contributed by atoms with Gasteiger partial charge in [0.15, 0.2) is 0 Å². The Balaban J connectivity index is 1.44. The molecular weight excluding hydrogens is 436 g/mol. The normalized spacial score (nSPS) is 11.9. The van der Waals surface area contributed by atoms with E-state index in [2.05, 4.69) is 32.7 Å². The molecule has 8 nitrogen and oxygen atoms in total. The summed E-state index contributed by atoms with van der Waals surface area (Å²) in [5.74, 6) is 0.905. The van der Waals surface area contributed by atoms with Crippen molar-refractivity contribution in [2.45, 2.75) is 37.4 Å². The molecule has 2 heterocycles. The topological polar surface area (TPSA) is 112 Å². The van der Waals surface area contributed by atoms with Crippen LogP contribution in [0.5, 0.6) is 0 Å². The summed E-state index contributed by atoms with van der Waals surface area (Å²) < 4.78 is 6.96. The first-order chi connectivity index (χ1) is 16.0. The molecule has 0 saturated heterocycles. The Labute approximate surface area is 196 Å². The van der Waals surface area contributed by atoms with Crippen LogP contribution in [0.15, 0.2) is 70.2 Å². The van der Waals surface area contributed by atoms with E-state index in [9.17, 15) is 4.79 Å². The van der Waals surface area contributed by atoms with Gasteiger partial charge in [0, 0.05) is 11.6 Å². The molecule has 1 amide bonds. The van der Waals surface area contributed by atoms with Crippen molar-refractivity contribution in [2.24, 2.45) is 0 Å². The van der Waals surface area contributed by atoms with Gasteiger partial charge < -0.3 is 15.6 Å². The first-order valence-corrected chi connectivity index (χ1v) is 11.9. The standard InChI is InChI=1S/C24H26N6O2S/c1-16(13-14-17-9-5-3-6-10-17)26-19(31)15-30-21(25)20(24(28-30)33-2)23-27-22(29-32-23)18-11-7-4-8-12-18/h3-12,16H,13-15,25H2,1-2H3,(H,26,31). The summed E-state index contributed by atoms with van der Waals surface area (Å²) >= 11 is 1.41. The highest BCUT2D eigenvalue weighted by Crippen LogP contribution is 2.34. The van der Waals surface area contributed by atoms with E-state index >= 15 is 0 Å². The number of nitrogens with two attached hydrogens (primary N) is 1. The number of nitrogens with zero attached hydrogens (tertiary/aromatic N) is 4. The van der Waals surface area contributed by atoms with Gasteiger partial charge in [0.05, 0.1) is 0 Å². The molecule has 0 aliphatic heterocycles. The van der Waals surface area contributed by atoms with E-state index in [0.29, 0.717) is 22.2 Å². The molecular formula is C24H26N6O2S. The summed E-state index contributed by atoms with van der Waals surface area (Å²) in [7, 11) is 0. The summed E-state index contributed by atoms with van der Waals surface area (Å²) in [6.07, 6.45) is 3.62. The van der Waals surface area contributed by atoms with Crippen molar-refractivity contribution >= 4 is 23.5 Å². The number of hydrogen-bond donors (Lipinski definition) is 2. The van der Waals surface area contributed by atoms with Gasteiger partial charge in [-0.05, 0) is 31.6 Å². The second-order valence-corrected chi connectivity index (χ2v) is 8.50. The van der Waals surface area contributed by atoms with Gasteiger partial charge in [-0.15, -0.1) is 11.8 Å². The van der Waals surface area contributed by atoms with E-state index in [1.165, 1.54) is 22.0 Å². The van der Waals surface area contributed by atoms with E-state index in [0.717, 1.165) is 18.4 Å². The molecule has 0 fully saturated rings. The van der Waals surface area contributed by atoms with Gasteiger partial charge in [-0.2, -0.15) is 10.1 Å². The summed E-state index contributed by atoms with van der Waals surface area (Å²) in [6.45, 7) is 2.00. The van der Waals surface area contributed by atoms with Crippen LogP contribution in [0.1, 0.15) is 18.9 Å². The average Bonchev–Trinajstić information content (AvgIpc) is 3.43. The minimum absolute atomic E-state index is 0.00868. The van der Waals surface area contributed by atoms with E-state index < -0.39 is 0 Å². The maximum absolute atomic E-state index is 12.6. The lowest BCUT2D eigenvalue weighted by molar-refractivity contribution is -0.122. The highest BCUT2D eigenvalue weighted by Gasteiger charge is 2.24. The van der Waals surface area contributed by atoms with Crippen molar-refractivity contribution in [3.63, 3.8) is 0 Å². The lowest BCUT2D eigenvalue weighted by atomic mass is 10.1. The summed E-state index contributed by atoms with van der Waals surface area (Å²) in [4.78, 5) is 17.1. The van der Waals surface area contributed by atoms with E-state index in [-0.39, 0.29) is 24.4 Å². The third-order valence-electron chi connectivity index (χ3n) is 5.23. The number of aromatic nitrogens is 4. The highest BCUT2D eigenvalue weighted by atomic mass is 32.2. The molecule has 9 heteroatoms. The Hall–Kier alpha value is -3.59. The summed E-state index contributed by atoms with van der Waals surface area (Å²) in [6, 6.07) is 19.8. The van der Waals surface area contributed by atoms with Gasteiger partial charge in [0.25, 0.3) is 5.89 Å². The van der Waals surface area contributed by atoms with Crippen molar-refractivity contribution in [2.75, 3.05) is 12.0 Å². The van der Waals surface area contributed by atoms with Crippen LogP contribution in [0.4, 0.5) is 5.82 Å². The Morgan fingerprint density at radius 2 is 1.85 bits per heavy atom. The number of aryl methyl sites for hydroxylation is 1. The number of thioether (sulfide) groups is 1. The van der Waals surface area contributed by atoms with Crippen LogP contribution >= 0.6 is 11.8 Å². The smallest absolute Gasteiger partial charge is 0.264 e. The molecule has 1 atom stereocenters. The zero-order chi connectivity index (χ0) is 23.2. The first kappa shape index (κ1) is 22.6. The molecule has 0 radical (unpaired) electrons. The lowest BCUT2D eigenvalue weighted by Gasteiger charge is -2.14. The lowest BCUT2D eigenvalue weighted by Crippen LogP contribution is -2.35. The van der Waals surface area contributed by atoms with Gasteiger partial charge in [-0.3, -0.25) is 4.79 Å². The molecule has 2 aromatic carbocycles. The van der Waals surface area contributed by atoms with Crippen LogP contribution < -0.4 is 11.1 Å². The molecule has 0 saturated carbocycles. The minimum atomic E-state index is -0.153. The van der Waals surface area contributed by atoms with E-state index in [4.69, 9.17) is 10.3 Å². The number of rotatable bonds is 9. The second-order valence-electron chi connectivity index (χ2n) is 7.71.